The molecule has 0 spiro atoms. The van der Waals surface area contributed by atoms with Crippen LogP contribution in [0.5, 0.6) is 0 Å². The second-order valence-electron chi connectivity index (χ2n) is 7.55. The Kier molecular flexibility index (Phi) is 4.91. The number of nitrogens with zero attached hydrogens (tertiary/aromatic N) is 2. The molecule has 3 heterocycles. The van der Waals surface area contributed by atoms with E-state index in [2.05, 4.69) is 15.6 Å². The molecule has 0 radical (unpaired) electrons. The predicted octanol–water partition coefficient (Wildman–Crippen LogP) is 4.10. The molecule has 2 aromatic heterocycles. The largest absolute Gasteiger partial charge is 0.464 e. The molecule has 0 bridgehead atoms. The Hall–Kier alpha value is -4.39. The number of carbonyl (C=O) groups is 2. The van der Waals surface area contributed by atoms with Crippen molar-refractivity contribution < 1.29 is 14.0 Å². The van der Waals surface area contributed by atoms with Crippen molar-refractivity contribution in [3.63, 3.8) is 0 Å². The zero-order chi connectivity index (χ0) is 22.1. The highest BCUT2D eigenvalue weighted by Crippen LogP contribution is 2.33. The lowest BCUT2D eigenvalue weighted by Gasteiger charge is -2.07. The molecular weight excluding hydrogens is 404 g/mol. The number of amides is 2. The molecule has 0 saturated heterocycles. The van der Waals surface area contributed by atoms with Crippen molar-refractivity contribution in [1.82, 2.24) is 14.9 Å². The molecule has 2 amide bonds. The number of aromatic nitrogens is 2. The molecule has 0 atom stereocenters. The average Bonchev–Trinajstić information content (AvgIpc) is 3.52. The van der Waals surface area contributed by atoms with Gasteiger partial charge >= 0.3 is 0 Å². The van der Waals surface area contributed by atoms with Gasteiger partial charge in [0.25, 0.3) is 11.8 Å². The quantitative estimate of drug-likeness (QED) is 0.472. The fraction of sp³-hybridized carbons (Fsp3) is 0.0800. The maximum Gasteiger partial charge on any atom is 0.256 e. The van der Waals surface area contributed by atoms with Crippen LogP contribution in [0.25, 0.3) is 22.8 Å². The van der Waals surface area contributed by atoms with Gasteiger partial charge in [-0.2, -0.15) is 0 Å². The van der Waals surface area contributed by atoms with Crippen molar-refractivity contribution in [1.29, 1.82) is 0 Å². The summed E-state index contributed by atoms with van der Waals surface area (Å²) in [4.78, 5) is 29.0. The van der Waals surface area contributed by atoms with Gasteiger partial charge in [-0.1, -0.05) is 30.3 Å². The second-order valence-corrected chi connectivity index (χ2v) is 7.55. The van der Waals surface area contributed by atoms with Crippen molar-refractivity contribution in [3.05, 3.63) is 96.0 Å². The first-order valence-corrected chi connectivity index (χ1v) is 10.1. The van der Waals surface area contributed by atoms with E-state index in [1.54, 1.807) is 30.9 Å². The van der Waals surface area contributed by atoms with Crippen LogP contribution in [0.1, 0.15) is 27.4 Å². The molecule has 5 rings (SSSR count). The molecule has 0 aliphatic carbocycles. The third-order valence-electron chi connectivity index (χ3n) is 5.42. The fourth-order valence-corrected chi connectivity index (χ4v) is 3.67. The minimum Gasteiger partial charge on any atom is -0.464 e. The van der Waals surface area contributed by atoms with Gasteiger partial charge in [-0.3, -0.25) is 9.59 Å². The first-order valence-electron chi connectivity index (χ1n) is 10.1. The molecule has 7 heteroatoms. The SMILES string of the molecule is Cn1cncc1CNC(=O)c1cccc(-c2coc(/C=C3/C(=O)Nc4ccccc43)c2)c1. The maximum absolute atomic E-state index is 12.6. The third-order valence-corrected chi connectivity index (χ3v) is 5.42. The molecule has 2 aromatic carbocycles. The van der Waals surface area contributed by atoms with Crippen LogP contribution in [-0.2, 0) is 18.4 Å². The van der Waals surface area contributed by atoms with E-state index in [1.807, 2.05) is 60.1 Å². The van der Waals surface area contributed by atoms with E-state index in [0.29, 0.717) is 23.4 Å². The number of nitrogens with one attached hydrogen (secondary N) is 2. The number of anilines is 1. The average molecular weight is 424 g/mol. The molecule has 0 fully saturated rings. The highest BCUT2D eigenvalue weighted by atomic mass is 16.3. The third kappa shape index (κ3) is 3.72. The predicted molar refractivity (Wildman–Crippen MR) is 121 cm³/mol. The number of hydrogen-bond acceptors (Lipinski definition) is 4. The fourth-order valence-electron chi connectivity index (χ4n) is 3.67. The summed E-state index contributed by atoms with van der Waals surface area (Å²) in [5, 5.41) is 5.76. The minimum absolute atomic E-state index is 0.156. The van der Waals surface area contributed by atoms with E-state index in [1.165, 1.54) is 0 Å². The van der Waals surface area contributed by atoms with Crippen LogP contribution >= 0.6 is 0 Å². The lowest BCUT2D eigenvalue weighted by molar-refractivity contribution is -0.110. The highest BCUT2D eigenvalue weighted by molar-refractivity contribution is 6.34. The lowest BCUT2D eigenvalue weighted by atomic mass is 10.0. The summed E-state index contributed by atoms with van der Waals surface area (Å²) in [5.41, 5.74) is 5.34. The molecular formula is C25H20N4O3. The van der Waals surface area contributed by atoms with Gasteiger partial charge in [0.15, 0.2) is 0 Å². The molecule has 158 valence electrons. The summed E-state index contributed by atoms with van der Waals surface area (Å²) in [6.45, 7) is 0.395. The monoisotopic (exact) mass is 424 g/mol. The van der Waals surface area contributed by atoms with Gasteiger partial charge in [-0.05, 0) is 35.9 Å². The van der Waals surface area contributed by atoms with E-state index in [9.17, 15) is 9.59 Å². The number of rotatable bonds is 5. The van der Waals surface area contributed by atoms with E-state index in [0.717, 1.165) is 28.1 Å². The Morgan fingerprint density at radius 3 is 2.88 bits per heavy atom. The molecule has 1 aliphatic rings. The van der Waals surface area contributed by atoms with Crippen LogP contribution in [0.2, 0.25) is 0 Å². The van der Waals surface area contributed by atoms with Crippen molar-refractivity contribution in [2.45, 2.75) is 6.54 Å². The van der Waals surface area contributed by atoms with Gasteiger partial charge in [0, 0.05) is 35.6 Å². The number of imidazole rings is 1. The molecule has 7 nitrogen and oxygen atoms in total. The zero-order valence-corrected chi connectivity index (χ0v) is 17.3. The van der Waals surface area contributed by atoms with Gasteiger partial charge in [0.2, 0.25) is 0 Å². The Labute approximate surface area is 184 Å². The van der Waals surface area contributed by atoms with Crippen molar-refractivity contribution in [3.8, 4) is 11.1 Å². The summed E-state index contributed by atoms with van der Waals surface area (Å²) in [7, 11) is 1.88. The van der Waals surface area contributed by atoms with E-state index >= 15 is 0 Å². The van der Waals surface area contributed by atoms with Gasteiger partial charge in [0.1, 0.15) is 5.76 Å². The minimum atomic E-state index is -0.168. The smallest absolute Gasteiger partial charge is 0.256 e. The Bertz CT molecular complexity index is 1360. The molecule has 4 aromatic rings. The standard InChI is InChI=1S/C25H20N4O3/c1-29-15-26-12-19(29)13-27-24(30)17-6-4-5-16(9-17)18-10-20(32-14-18)11-22-21-7-2-3-8-23(21)28-25(22)31/h2-12,14-15H,13H2,1H3,(H,27,30)(H,28,31)/b22-11+. The van der Waals surface area contributed by atoms with Crippen LogP contribution < -0.4 is 10.6 Å². The van der Waals surface area contributed by atoms with Crippen LogP contribution in [0.4, 0.5) is 5.69 Å². The molecule has 32 heavy (non-hydrogen) atoms. The van der Waals surface area contributed by atoms with Crippen molar-refractivity contribution in [2.24, 2.45) is 7.05 Å². The van der Waals surface area contributed by atoms with Crippen molar-refractivity contribution >= 4 is 29.2 Å². The number of benzene rings is 2. The van der Waals surface area contributed by atoms with Gasteiger partial charge < -0.3 is 19.6 Å². The number of para-hydroxylation sites is 1. The highest BCUT2D eigenvalue weighted by Gasteiger charge is 2.23. The summed E-state index contributed by atoms with van der Waals surface area (Å²) in [5.74, 6) is 0.238. The van der Waals surface area contributed by atoms with Crippen LogP contribution in [0, 0.1) is 0 Å². The first kappa shape index (κ1) is 19.6. The molecule has 2 N–H and O–H groups in total. The summed E-state index contributed by atoms with van der Waals surface area (Å²) < 4.78 is 7.55. The van der Waals surface area contributed by atoms with E-state index < -0.39 is 0 Å². The molecule has 0 saturated carbocycles. The van der Waals surface area contributed by atoms with Gasteiger partial charge in [-0.25, -0.2) is 4.98 Å². The number of carbonyl (C=O) groups excluding carboxylic acids is 2. The number of fused-ring (bicyclic) bond motifs is 1. The Morgan fingerprint density at radius 2 is 2.03 bits per heavy atom. The van der Waals surface area contributed by atoms with Crippen LogP contribution in [0.3, 0.4) is 0 Å². The normalized spacial score (nSPS) is 13.8. The lowest BCUT2D eigenvalue weighted by Crippen LogP contribution is -2.23. The maximum atomic E-state index is 12.6. The Morgan fingerprint density at radius 1 is 1.16 bits per heavy atom. The topological polar surface area (TPSA) is 89.2 Å². The summed E-state index contributed by atoms with van der Waals surface area (Å²) >= 11 is 0. The molecule has 1 aliphatic heterocycles. The van der Waals surface area contributed by atoms with E-state index in [-0.39, 0.29) is 11.8 Å². The zero-order valence-electron chi connectivity index (χ0n) is 17.3. The van der Waals surface area contributed by atoms with Gasteiger partial charge in [-0.15, -0.1) is 0 Å². The number of aryl methyl sites for hydroxylation is 1. The van der Waals surface area contributed by atoms with Crippen molar-refractivity contribution in [2.75, 3.05) is 5.32 Å². The van der Waals surface area contributed by atoms with E-state index in [4.69, 9.17) is 4.42 Å². The van der Waals surface area contributed by atoms with Crippen LogP contribution in [-0.4, -0.2) is 21.4 Å². The summed E-state index contributed by atoms with van der Waals surface area (Å²) in [6.07, 6.45) is 6.77. The summed E-state index contributed by atoms with van der Waals surface area (Å²) in [6, 6.07) is 16.7. The number of hydrogen-bond donors (Lipinski definition) is 2. The van der Waals surface area contributed by atoms with Gasteiger partial charge in [0.05, 0.1) is 30.4 Å². The number of furan rings is 1. The first-order chi connectivity index (χ1) is 15.6. The van der Waals surface area contributed by atoms with Crippen LogP contribution in [0.15, 0.2) is 77.8 Å². The second kappa shape index (κ2) is 8.03. The Balaban J connectivity index is 1.35. The molecule has 0 unspecified atom stereocenters.